The van der Waals surface area contributed by atoms with E-state index in [9.17, 15) is 0 Å². The fourth-order valence-corrected chi connectivity index (χ4v) is 1.44. The van der Waals surface area contributed by atoms with Gasteiger partial charge in [0.2, 0.25) is 6.39 Å². The van der Waals surface area contributed by atoms with Crippen molar-refractivity contribution in [2.24, 2.45) is 5.73 Å². The first-order valence-corrected chi connectivity index (χ1v) is 5.36. The molecule has 4 nitrogen and oxygen atoms in total. The lowest BCUT2D eigenvalue weighted by atomic mass is 10.1. The van der Waals surface area contributed by atoms with Crippen LogP contribution >= 0.6 is 0 Å². The van der Waals surface area contributed by atoms with Gasteiger partial charge in [-0.3, -0.25) is 0 Å². The van der Waals surface area contributed by atoms with E-state index in [2.05, 4.69) is 21.6 Å². The molecule has 0 bridgehead atoms. The van der Waals surface area contributed by atoms with Crippen LogP contribution in [0.5, 0.6) is 0 Å². The predicted octanol–water partition coefficient (Wildman–Crippen LogP) is 2.43. The second kappa shape index (κ2) is 6.54. The van der Waals surface area contributed by atoms with E-state index in [0.717, 1.165) is 12.8 Å². The Morgan fingerprint density at radius 2 is 2.14 bits per heavy atom. The zero-order valence-electron chi connectivity index (χ0n) is 8.78. The number of nitrogens with two attached hydrogens (primary N) is 1. The third-order valence-electron chi connectivity index (χ3n) is 2.33. The van der Waals surface area contributed by atoms with Crippen molar-refractivity contribution in [1.29, 1.82) is 0 Å². The van der Waals surface area contributed by atoms with Crippen LogP contribution in [0.2, 0.25) is 0 Å². The summed E-state index contributed by atoms with van der Waals surface area (Å²) in [5.74, 6) is 0.625. The van der Waals surface area contributed by atoms with E-state index in [0.29, 0.717) is 5.82 Å². The molecule has 0 radical (unpaired) electrons. The van der Waals surface area contributed by atoms with Gasteiger partial charge in [0.1, 0.15) is 0 Å². The smallest absolute Gasteiger partial charge is 0.213 e. The highest BCUT2D eigenvalue weighted by Gasteiger charge is 2.09. The Bertz CT molecular complexity index is 223. The lowest BCUT2D eigenvalue weighted by Crippen LogP contribution is -2.11. The molecule has 0 aliphatic carbocycles. The molecule has 0 saturated heterocycles. The van der Waals surface area contributed by atoms with Crippen molar-refractivity contribution in [1.82, 2.24) is 10.1 Å². The van der Waals surface area contributed by atoms with Gasteiger partial charge in [-0.1, -0.05) is 44.2 Å². The molecule has 0 aliphatic heterocycles. The summed E-state index contributed by atoms with van der Waals surface area (Å²) in [5.41, 5.74) is 5.87. The molecular formula is C10H19N3O. The molecule has 14 heavy (non-hydrogen) atoms. The molecule has 1 aromatic rings. The van der Waals surface area contributed by atoms with E-state index < -0.39 is 0 Å². The van der Waals surface area contributed by atoms with E-state index in [1.165, 1.54) is 32.1 Å². The van der Waals surface area contributed by atoms with Gasteiger partial charge >= 0.3 is 0 Å². The van der Waals surface area contributed by atoms with Crippen molar-refractivity contribution in [3.8, 4) is 0 Å². The summed E-state index contributed by atoms with van der Waals surface area (Å²) < 4.78 is 4.64. The fraction of sp³-hybridized carbons (Fsp3) is 0.800. The summed E-state index contributed by atoms with van der Waals surface area (Å²) in [6.07, 6.45) is 8.56. The molecule has 0 saturated carbocycles. The maximum Gasteiger partial charge on any atom is 0.213 e. The zero-order chi connectivity index (χ0) is 10.2. The molecule has 1 atom stereocenters. The zero-order valence-corrected chi connectivity index (χ0v) is 8.78. The largest absolute Gasteiger partial charge is 0.343 e. The van der Waals surface area contributed by atoms with Crippen LogP contribution in [0.25, 0.3) is 0 Å². The van der Waals surface area contributed by atoms with Gasteiger partial charge in [0.05, 0.1) is 6.04 Å². The van der Waals surface area contributed by atoms with Crippen molar-refractivity contribution in [3.05, 3.63) is 12.2 Å². The second-order valence-electron chi connectivity index (χ2n) is 3.60. The average Bonchev–Trinajstić information content (AvgIpc) is 2.70. The summed E-state index contributed by atoms with van der Waals surface area (Å²) in [4.78, 5) is 3.93. The number of unbranched alkanes of at least 4 members (excludes halogenated alkanes) is 4. The van der Waals surface area contributed by atoms with Gasteiger partial charge in [-0.05, 0) is 6.42 Å². The Balaban J connectivity index is 2.07. The highest BCUT2D eigenvalue weighted by atomic mass is 16.5. The minimum Gasteiger partial charge on any atom is -0.343 e. The molecule has 0 fully saturated rings. The summed E-state index contributed by atoms with van der Waals surface area (Å²) in [5, 5.41) is 3.72. The SMILES string of the molecule is CCCCCCCC(N)c1ncon1. The quantitative estimate of drug-likeness (QED) is 0.682. The molecule has 2 N–H and O–H groups in total. The molecule has 1 rings (SSSR count). The van der Waals surface area contributed by atoms with Crippen LogP contribution in [0.4, 0.5) is 0 Å². The minimum atomic E-state index is -0.0598. The Morgan fingerprint density at radius 3 is 2.79 bits per heavy atom. The van der Waals surface area contributed by atoms with Crippen LogP contribution in [0, 0.1) is 0 Å². The third kappa shape index (κ3) is 3.87. The van der Waals surface area contributed by atoms with Gasteiger partial charge in [-0.2, -0.15) is 4.98 Å². The van der Waals surface area contributed by atoms with Crippen molar-refractivity contribution in [2.75, 3.05) is 0 Å². The van der Waals surface area contributed by atoms with Gasteiger partial charge in [-0.15, -0.1) is 0 Å². The third-order valence-corrected chi connectivity index (χ3v) is 2.33. The molecule has 4 heteroatoms. The first kappa shape index (κ1) is 11.2. The van der Waals surface area contributed by atoms with Crippen LogP contribution in [-0.2, 0) is 0 Å². The Hall–Kier alpha value is -0.900. The summed E-state index contributed by atoms with van der Waals surface area (Å²) in [7, 11) is 0. The monoisotopic (exact) mass is 197 g/mol. The minimum absolute atomic E-state index is 0.0598. The standard InChI is InChI=1S/C10H19N3O/c1-2-3-4-5-6-7-9(11)10-12-8-14-13-10/h8-9H,2-7,11H2,1H3. The van der Waals surface area contributed by atoms with Crippen LogP contribution in [0.15, 0.2) is 10.9 Å². The van der Waals surface area contributed by atoms with Crippen molar-refractivity contribution < 1.29 is 4.52 Å². The fourth-order valence-electron chi connectivity index (χ4n) is 1.44. The topological polar surface area (TPSA) is 64.9 Å². The van der Waals surface area contributed by atoms with Crippen LogP contribution < -0.4 is 5.73 Å². The molecule has 1 aromatic heterocycles. The van der Waals surface area contributed by atoms with Gasteiger partial charge in [-0.25, -0.2) is 0 Å². The van der Waals surface area contributed by atoms with Crippen molar-refractivity contribution >= 4 is 0 Å². The van der Waals surface area contributed by atoms with Gasteiger partial charge in [0.25, 0.3) is 0 Å². The molecule has 0 aromatic carbocycles. The first-order valence-electron chi connectivity index (χ1n) is 5.36. The van der Waals surface area contributed by atoms with Crippen molar-refractivity contribution in [2.45, 2.75) is 51.5 Å². The maximum absolute atomic E-state index is 5.87. The lowest BCUT2D eigenvalue weighted by Gasteiger charge is -2.05. The summed E-state index contributed by atoms with van der Waals surface area (Å²) in [6.45, 7) is 2.21. The Labute approximate surface area is 84.9 Å². The van der Waals surface area contributed by atoms with E-state index in [1.54, 1.807) is 0 Å². The van der Waals surface area contributed by atoms with Crippen LogP contribution in [0.1, 0.15) is 57.3 Å². The normalized spacial score (nSPS) is 13.0. The summed E-state index contributed by atoms with van der Waals surface area (Å²) in [6, 6.07) is -0.0598. The highest BCUT2D eigenvalue weighted by molar-refractivity contribution is 4.87. The van der Waals surface area contributed by atoms with Gasteiger partial charge in [0, 0.05) is 0 Å². The molecule has 1 heterocycles. The van der Waals surface area contributed by atoms with Gasteiger partial charge < -0.3 is 10.3 Å². The predicted molar refractivity (Wildman–Crippen MR) is 54.6 cm³/mol. The molecule has 0 aliphatic rings. The molecule has 0 amide bonds. The summed E-state index contributed by atoms with van der Waals surface area (Å²) >= 11 is 0. The van der Waals surface area contributed by atoms with Gasteiger partial charge in [0.15, 0.2) is 5.82 Å². The number of nitrogens with zero attached hydrogens (tertiary/aromatic N) is 2. The number of hydrogen-bond donors (Lipinski definition) is 1. The highest BCUT2D eigenvalue weighted by Crippen LogP contribution is 2.14. The van der Waals surface area contributed by atoms with E-state index >= 15 is 0 Å². The number of rotatable bonds is 7. The van der Waals surface area contributed by atoms with Crippen LogP contribution in [0.3, 0.4) is 0 Å². The second-order valence-corrected chi connectivity index (χ2v) is 3.60. The molecular weight excluding hydrogens is 178 g/mol. The van der Waals surface area contributed by atoms with Crippen LogP contribution in [-0.4, -0.2) is 10.1 Å². The van der Waals surface area contributed by atoms with E-state index in [1.807, 2.05) is 0 Å². The maximum atomic E-state index is 5.87. The number of hydrogen-bond acceptors (Lipinski definition) is 4. The Kier molecular flexibility index (Phi) is 5.22. The molecule has 80 valence electrons. The first-order chi connectivity index (χ1) is 6.84. The lowest BCUT2D eigenvalue weighted by molar-refractivity contribution is 0.400. The van der Waals surface area contributed by atoms with Crippen molar-refractivity contribution in [3.63, 3.8) is 0 Å². The average molecular weight is 197 g/mol. The van der Waals surface area contributed by atoms with E-state index in [-0.39, 0.29) is 6.04 Å². The Morgan fingerprint density at radius 1 is 1.36 bits per heavy atom. The number of aromatic nitrogens is 2. The molecule has 1 unspecified atom stereocenters. The van der Waals surface area contributed by atoms with E-state index in [4.69, 9.17) is 5.73 Å². The molecule has 0 spiro atoms.